The highest BCUT2D eigenvalue weighted by atomic mass is 35.5. The third-order valence-electron chi connectivity index (χ3n) is 4.46. The maximum atomic E-state index is 12.5. The average molecular weight is 404 g/mol. The van der Waals surface area contributed by atoms with Crippen LogP contribution in [-0.2, 0) is 4.79 Å². The molecule has 0 saturated heterocycles. The van der Waals surface area contributed by atoms with E-state index in [-0.39, 0.29) is 28.8 Å². The van der Waals surface area contributed by atoms with Crippen LogP contribution in [0.15, 0.2) is 36.4 Å². The summed E-state index contributed by atoms with van der Waals surface area (Å²) in [4.78, 5) is 36.8. The van der Waals surface area contributed by atoms with Crippen molar-refractivity contribution in [2.75, 3.05) is 23.9 Å². The Morgan fingerprint density at radius 1 is 1.29 bits per heavy atom. The number of halogens is 1. The zero-order valence-corrected chi connectivity index (χ0v) is 16.2. The van der Waals surface area contributed by atoms with Gasteiger partial charge >= 0.3 is 0 Å². The van der Waals surface area contributed by atoms with E-state index < -0.39 is 16.2 Å². The molecule has 0 aliphatic carbocycles. The lowest BCUT2D eigenvalue weighted by Crippen LogP contribution is -2.39. The molecule has 28 heavy (non-hydrogen) atoms. The summed E-state index contributed by atoms with van der Waals surface area (Å²) < 4.78 is 5.78. The monoisotopic (exact) mass is 403 g/mol. The molecule has 2 amide bonds. The topological polar surface area (TPSA) is 102 Å². The Kier molecular flexibility index (Phi) is 4.99. The average Bonchev–Trinajstić information content (AvgIpc) is 2.72. The number of nitrogens with zero attached hydrogens (tertiary/aromatic N) is 2. The number of nitrogens with one attached hydrogen (secondary N) is 1. The quantitative estimate of drug-likeness (QED) is 0.618. The van der Waals surface area contributed by atoms with Crippen molar-refractivity contribution in [3.05, 3.63) is 57.1 Å². The lowest BCUT2D eigenvalue weighted by atomic mass is 9.93. The molecule has 1 aliphatic heterocycles. The number of hydrogen-bond acceptors (Lipinski definition) is 5. The predicted octanol–water partition coefficient (Wildman–Crippen LogP) is 3.88. The summed E-state index contributed by atoms with van der Waals surface area (Å²) in [5.41, 5.74) is 0.0966. The number of fused-ring (bicyclic) bond motifs is 1. The van der Waals surface area contributed by atoms with Gasteiger partial charge < -0.3 is 15.0 Å². The van der Waals surface area contributed by atoms with Gasteiger partial charge in [-0.1, -0.05) is 11.6 Å². The van der Waals surface area contributed by atoms with E-state index in [1.54, 1.807) is 39.1 Å². The van der Waals surface area contributed by atoms with Crippen LogP contribution >= 0.6 is 11.6 Å². The van der Waals surface area contributed by atoms with E-state index in [0.29, 0.717) is 17.1 Å². The molecule has 1 aliphatic rings. The summed E-state index contributed by atoms with van der Waals surface area (Å²) in [6, 6.07) is 8.74. The Morgan fingerprint density at radius 3 is 2.68 bits per heavy atom. The molecule has 8 nitrogen and oxygen atoms in total. The number of carbonyl (C=O) groups is 2. The molecule has 0 atom stereocenters. The van der Waals surface area contributed by atoms with Crippen LogP contribution in [-0.4, -0.2) is 30.4 Å². The summed E-state index contributed by atoms with van der Waals surface area (Å²) in [6.07, 6.45) is 0. The minimum absolute atomic E-state index is 0.0460. The smallest absolute Gasteiger partial charge is 0.288 e. The largest absolute Gasteiger partial charge is 0.490 e. The van der Waals surface area contributed by atoms with Crippen molar-refractivity contribution < 1.29 is 19.2 Å². The van der Waals surface area contributed by atoms with Crippen molar-refractivity contribution in [3.8, 4) is 5.75 Å². The number of nitro benzene ring substituents is 1. The third-order valence-corrected chi connectivity index (χ3v) is 4.78. The normalized spacial score (nSPS) is 15.3. The molecule has 0 radical (unpaired) electrons. The predicted molar refractivity (Wildman–Crippen MR) is 105 cm³/mol. The summed E-state index contributed by atoms with van der Waals surface area (Å²) in [6.45, 7) is 3.80. The molecule has 1 N–H and O–H groups in total. The van der Waals surface area contributed by atoms with Crippen molar-refractivity contribution in [2.45, 2.75) is 13.8 Å². The van der Waals surface area contributed by atoms with Gasteiger partial charge in [0.25, 0.3) is 11.6 Å². The van der Waals surface area contributed by atoms with Gasteiger partial charge in [-0.2, -0.15) is 0 Å². The molecule has 0 saturated carbocycles. The number of nitro groups is 1. The van der Waals surface area contributed by atoms with Crippen LogP contribution in [0.1, 0.15) is 24.2 Å². The molecule has 0 unspecified atom stereocenters. The molecule has 9 heteroatoms. The van der Waals surface area contributed by atoms with Crippen LogP contribution in [0.3, 0.4) is 0 Å². The second-order valence-corrected chi connectivity index (χ2v) is 7.50. The molecular formula is C19H18ClN3O5. The Hall–Kier alpha value is -3.13. The van der Waals surface area contributed by atoms with Gasteiger partial charge in [-0.25, -0.2) is 0 Å². The number of ether oxygens (including phenoxy) is 1. The van der Waals surface area contributed by atoms with Gasteiger partial charge in [0.05, 0.1) is 16.0 Å². The van der Waals surface area contributed by atoms with E-state index >= 15 is 0 Å². The van der Waals surface area contributed by atoms with E-state index in [0.717, 1.165) is 6.07 Å². The first-order valence-electron chi connectivity index (χ1n) is 8.40. The van der Waals surface area contributed by atoms with Crippen molar-refractivity contribution in [1.82, 2.24) is 0 Å². The van der Waals surface area contributed by atoms with Crippen molar-refractivity contribution in [3.63, 3.8) is 0 Å². The summed E-state index contributed by atoms with van der Waals surface area (Å²) in [5, 5.41) is 13.6. The number of benzene rings is 2. The molecule has 0 spiro atoms. The van der Waals surface area contributed by atoms with Gasteiger partial charge in [-0.3, -0.25) is 19.7 Å². The molecule has 2 aromatic rings. The molecule has 0 fully saturated rings. The lowest BCUT2D eigenvalue weighted by Gasteiger charge is -2.24. The molecule has 0 aromatic heterocycles. The standard InChI is InChI=1S/C19H18ClN3O5/c1-19(2)10-28-16-9-12(5-7-14(16)22(3)18(19)25)21-17(24)11-4-6-13(20)15(8-11)23(26)27/h4-9H,10H2,1-3H3,(H,21,24). The van der Waals surface area contributed by atoms with Crippen molar-refractivity contribution in [2.24, 2.45) is 5.41 Å². The van der Waals surface area contributed by atoms with E-state index in [2.05, 4.69) is 5.32 Å². The van der Waals surface area contributed by atoms with Crippen LogP contribution in [0.25, 0.3) is 0 Å². The minimum Gasteiger partial charge on any atom is -0.490 e. The second-order valence-electron chi connectivity index (χ2n) is 7.10. The van der Waals surface area contributed by atoms with Gasteiger partial charge in [0.1, 0.15) is 17.4 Å². The van der Waals surface area contributed by atoms with E-state index in [9.17, 15) is 19.7 Å². The maximum Gasteiger partial charge on any atom is 0.288 e. The summed E-state index contributed by atoms with van der Waals surface area (Å²) in [5.74, 6) is -0.143. The van der Waals surface area contributed by atoms with Gasteiger partial charge in [0.2, 0.25) is 5.91 Å². The summed E-state index contributed by atoms with van der Waals surface area (Å²) >= 11 is 5.78. The van der Waals surface area contributed by atoms with Gasteiger partial charge in [0, 0.05) is 30.4 Å². The number of hydrogen-bond donors (Lipinski definition) is 1. The molecule has 2 aromatic carbocycles. The number of anilines is 2. The fourth-order valence-electron chi connectivity index (χ4n) is 2.86. The molecular weight excluding hydrogens is 386 g/mol. The van der Waals surface area contributed by atoms with Gasteiger partial charge in [-0.15, -0.1) is 0 Å². The first-order valence-corrected chi connectivity index (χ1v) is 8.78. The third kappa shape index (κ3) is 3.63. The fourth-order valence-corrected chi connectivity index (χ4v) is 3.05. The van der Waals surface area contributed by atoms with Crippen LogP contribution in [0.2, 0.25) is 5.02 Å². The molecule has 0 bridgehead atoms. The SMILES string of the molecule is CN1C(=O)C(C)(C)COc2cc(NC(=O)c3ccc(Cl)c([N+](=O)[O-])c3)ccc21. The maximum absolute atomic E-state index is 12.5. The van der Waals surface area contributed by atoms with Crippen molar-refractivity contribution >= 4 is 40.5 Å². The highest BCUT2D eigenvalue weighted by Gasteiger charge is 2.36. The van der Waals surface area contributed by atoms with Crippen LogP contribution in [0, 0.1) is 15.5 Å². The zero-order chi connectivity index (χ0) is 20.6. The molecule has 146 valence electrons. The van der Waals surface area contributed by atoms with Crippen molar-refractivity contribution in [1.29, 1.82) is 0 Å². The van der Waals surface area contributed by atoms with Crippen LogP contribution in [0.4, 0.5) is 17.1 Å². The molecule has 1 heterocycles. The van der Waals surface area contributed by atoms with Crippen LogP contribution in [0.5, 0.6) is 5.75 Å². The van der Waals surface area contributed by atoms with E-state index in [4.69, 9.17) is 16.3 Å². The number of amides is 2. The number of carbonyl (C=O) groups excluding carboxylic acids is 2. The van der Waals surface area contributed by atoms with Crippen LogP contribution < -0.4 is 15.0 Å². The highest BCUT2D eigenvalue weighted by molar-refractivity contribution is 6.32. The second kappa shape index (κ2) is 7.12. The summed E-state index contributed by atoms with van der Waals surface area (Å²) in [7, 11) is 1.67. The Bertz CT molecular complexity index is 990. The Morgan fingerprint density at radius 2 is 2.00 bits per heavy atom. The van der Waals surface area contributed by atoms with E-state index in [1.807, 2.05) is 0 Å². The van der Waals surface area contributed by atoms with Gasteiger partial charge in [0.15, 0.2) is 0 Å². The number of rotatable bonds is 3. The Balaban J connectivity index is 1.86. The lowest BCUT2D eigenvalue weighted by molar-refractivity contribution is -0.384. The Labute approximate surface area is 166 Å². The first-order chi connectivity index (χ1) is 13.1. The molecule has 3 rings (SSSR count). The first kappa shape index (κ1) is 19.6. The highest BCUT2D eigenvalue weighted by Crippen LogP contribution is 2.37. The van der Waals surface area contributed by atoms with E-state index in [1.165, 1.54) is 17.0 Å². The zero-order valence-electron chi connectivity index (χ0n) is 15.5. The van der Waals surface area contributed by atoms with Gasteiger partial charge in [-0.05, 0) is 38.1 Å². The minimum atomic E-state index is -0.681. The fraction of sp³-hybridized carbons (Fsp3) is 0.263.